The van der Waals surface area contributed by atoms with Crippen LogP contribution in [0.1, 0.15) is 29.0 Å². The van der Waals surface area contributed by atoms with E-state index < -0.39 is 0 Å². The molecule has 0 atom stereocenters. The largest absolute Gasteiger partial charge is 0.375 e. The number of carbonyl (C=O) groups excluding carboxylic acids is 1. The van der Waals surface area contributed by atoms with Crippen molar-refractivity contribution < 1.29 is 9.32 Å². The fourth-order valence-electron chi connectivity index (χ4n) is 1.77. The Morgan fingerprint density at radius 3 is 2.81 bits per heavy atom. The van der Waals surface area contributed by atoms with Gasteiger partial charge in [0.15, 0.2) is 5.82 Å². The lowest BCUT2D eigenvalue weighted by Crippen LogP contribution is -2.23. The van der Waals surface area contributed by atoms with E-state index in [1.165, 1.54) is 4.90 Å². The third-order valence-corrected chi connectivity index (χ3v) is 3.11. The van der Waals surface area contributed by atoms with Gasteiger partial charge in [-0.2, -0.15) is 4.98 Å². The normalized spacial score (nSPS) is 10.5. The van der Waals surface area contributed by atoms with Gasteiger partial charge >= 0.3 is 0 Å². The van der Waals surface area contributed by atoms with Crippen molar-refractivity contribution in [2.75, 3.05) is 19.4 Å². The molecule has 0 saturated heterocycles. The summed E-state index contributed by atoms with van der Waals surface area (Å²) in [5.74, 6) is 1.02. The molecule has 21 heavy (non-hydrogen) atoms. The van der Waals surface area contributed by atoms with Crippen LogP contribution in [0.5, 0.6) is 0 Å². The van der Waals surface area contributed by atoms with Crippen molar-refractivity contribution in [3.05, 3.63) is 40.5 Å². The van der Waals surface area contributed by atoms with Crippen LogP contribution in [0.15, 0.2) is 22.7 Å². The van der Waals surface area contributed by atoms with Crippen molar-refractivity contribution in [3.63, 3.8) is 0 Å². The lowest BCUT2D eigenvalue weighted by Gasteiger charge is -2.15. The number of hydrogen-bond donors (Lipinski definition) is 1. The minimum Gasteiger partial charge on any atom is -0.375 e. The topological polar surface area (TPSA) is 71.3 Å². The lowest BCUT2D eigenvalue weighted by molar-refractivity contribution is 0.0828. The maximum atomic E-state index is 12.1. The molecule has 0 fully saturated rings. The molecule has 1 aromatic heterocycles. The third kappa shape index (κ3) is 3.72. The fourth-order valence-corrected chi connectivity index (χ4v) is 1.94. The van der Waals surface area contributed by atoms with Gasteiger partial charge in [0.05, 0.1) is 12.1 Å². The van der Waals surface area contributed by atoms with Gasteiger partial charge in [-0.15, -0.1) is 0 Å². The number of anilines is 1. The van der Waals surface area contributed by atoms with Crippen molar-refractivity contribution >= 4 is 23.2 Å². The van der Waals surface area contributed by atoms with E-state index in [0.29, 0.717) is 41.0 Å². The Hall–Kier alpha value is -2.08. The molecule has 0 unspecified atom stereocenters. The lowest BCUT2D eigenvalue weighted by atomic mass is 10.1. The van der Waals surface area contributed by atoms with Crippen molar-refractivity contribution in [1.29, 1.82) is 0 Å². The van der Waals surface area contributed by atoms with E-state index in [-0.39, 0.29) is 5.91 Å². The molecule has 2 rings (SSSR count). The highest BCUT2D eigenvalue weighted by molar-refractivity contribution is 6.31. The molecule has 1 heterocycles. The summed E-state index contributed by atoms with van der Waals surface area (Å²) in [5, 5.41) is 7.49. The van der Waals surface area contributed by atoms with Gasteiger partial charge in [0, 0.05) is 31.2 Å². The number of rotatable bonds is 5. The van der Waals surface area contributed by atoms with Crippen LogP contribution in [0.4, 0.5) is 5.69 Å². The Morgan fingerprint density at radius 2 is 2.19 bits per heavy atom. The second-order valence-electron chi connectivity index (χ2n) is 4.70. The summed E-state index contributed by atoms with van der Waals surface area (Å²) in [7, 11) is 3.40. The molecule has 1 amide bonds. The molecule has 0 bridgehead atoms. The summed E-state index contributed by atoms with van der Waals surface area (Å²) in [6, 6.07) is 5.08. The first-order valence-corrected chi connectivity index (χ1v) is 6.95. The highest BCUT2D eigenvalue weighted by Gasteiger charge is 2.14. The van der Waals surface area contributed by atoms with Gasteiger partial charge in [-0.1, -0.05) is 23.7 Å². The van der Waals surface area contributed by atoms with Gasteiger partial charge in [0.2, 0.25) is 5.89 Å². The quantitative estimate of drug-likeness (QED) is 0.919. The highest BCUT2D eigenvalue weighted by atomic mass is 35.5. The molecular formula is C14H17ClN4O2. The minimum atomic E-state index is -0.103. The molecule has 1 aromatic carbocycles. The number of aryl methyl sites for hydroxylation is 1. The Bertz CT molecular complexity index is 640. The van der Waals surface area contributed by atoms with E-state index in [2.05, 4.69) is 15.5 Å². The summed E-state index contributed by atoms with van der Waals surface area (Å²) in [5.41, 5.74) is 1.18. The van der Waals surface area contributed by atoms with E-state index in [1.54, 1.807) is 32.3 Å². The molecule has 6 nitrogen and oxygen atoms in total. The molecule has 112 valence electrons. The van der Waals surface area contributed by atoms with E-state index in [1.807, 2.05) is 6.92 Å². The maximum Gasteiger partial charge on any atom is 0.255 e. The predicted molar refractivity (Wildman–Crippen MR) is 80.5 cm³/mol. The van der Waals surface area contributed by atoms with Crippen LogP contribution in [-0.2, 0) is 13.0 Å². The zero-order valence-electron chi connectivity index (χ0n) is 12.2. The van der Waals surface area contributed by atoms with Gasteiger partial charge in [-0.3, -0.25) is 4.79 Å². The van der Waals surface area contributed by atoms with Crippen molar-refractivity contribution in [2.45, 2.75) is 19.9 Å². The van der Waals surface area contributed by atoms with Crippen molar-refractivity contribution in [3.8, 4) is 0 Å². The van der Waals surface area contributed by atoms with Crippen LogP contribution in [0.3, 0.4) is 0 Å². The molecule has 0 radical (unpaired) electrons. The summed E-state index contributed by atoms with van der Waals surface area (Å²) >= 11 is 5.99. The van der Waals surface area contributed by atoms with E-state index in [0.717, 1.165) is 0 Å². The summed E-state index contributed by atoms with van der Waals surface area (Å²) in [6.07, 6.45) is 0.713. The molecule has 1 N–H and O–H groups in total. The molecule has 0 spiro atoms. The van der Waals surface area contributed by atoms with Crippen LogP contribution in [0.25, 0.3) is 0 Å². The number of nitrogens with one attached hydrogen (secondary N) is 1. The Morgan fingerprint density at radius 1 is 1.43 bits per heavy atom. The van der Waals surface area contributed by atoms with Crippen LogP contribution >= 0.6 is 11.6 Å². The van der Waals surface area contributed by atoms with E-state index in [4.69, 9.17) is 16.1 Å². The van der Waals surface area contributed by atoms with Crippen LogP contribution in [0, 0.1) is 0 Å². The number of nitrogens with zero attached hydrogens (tertiary/aromatic N) is 3. The van der Waals surface area contributed by atoms with E-state index >= 15 is 0 Å². The first kappa shape index (κ1) is 15.3. The van der Waals surface area contributed by atoms with Crippen molar-refractivity contribution in [1.82, 2.24) is 15.0 Å². The monoisotopic (exact) mass is 308 g/mol. The molecule has 0 saturated carbocycles. The molecule has 0 aliphatic rings. The number of amides is 1. The van der Waals surface area contributed by atoms with E-state index in [9.17, 15) is 4.79 Å². The Balaban J connectivity index is 2.18. The van der Waals surface area contributed by atoms with Crippen molar-refractivity contribution in [2.24, 2.45) is 0 Å². The summed E-state index contributed by atoms with van der Waals surface area (Å²) in [4.78, 5) is 17.8. The van der Waals surface area contributed by atoms with Crippen LogP contribution in [-0.4, -0.2) is 35.0 Å². The number of benzene rings is 1. The standard InChI is InChI=1S/C14H17ClN4O2/c1-4-12-17-13(21-18-12)8-16-11-7-9(15)5-6-10(11)14(20)19(2)3/h5-7,16H,4,8H2,1-3H3. The number of aromatic nitrogens is 2. The number of hydrogen-bond acceptors (Lipinski definition) is 5. The first-order valence-electron chi connectivity index (χ1n) is 6.57. The average Bonchev–Trinajstić information content (AvgIpc) is 2.92. The van der Waals surface area contributed by atoms with Gasteiger partial charge < -0.3 is 14.7 Å². The average molecular weight is 309 g/mol. The second-order valence-corrected chi connectivity index (χ2v) is 5.14. The van der Waals surface area contributed by atoms with Gasteiger partial charge in [0.1, 0.15) is 0 Å². The Kier molecular flexibility index (Phi) is 4.80. The maximum absolute atomic E-state index is 12.1. The fraction of sp³-hybridized carbons (Fsp3) is 0.357. The zero-order chi connectivity index (χ0) is 15.4. The molecular weight excluding hydrogens is 292 g/mol. The zero-order valence-corrected chi connectivity index (χ0v) is 12.9. The van der Waals surface area contributed by atoms with Gasteiger partial charge in [0.25, 0.3) is 5.91 Å². The molecule has 2 aromatic rings. The third-order valence-electron chi connectivity index (χ3n) is 2.87. The van der Waals surface area contributed by atoms with Crippen LogP contribution in [0.2, 0.25) is 5.02 Å². The molecule has 0 aliphatic heterocycles. The number of halogens is 1. The predicted octanol–water partition coefficient (Wildman–Crippen LogP) is 2.60. The minimum absolute atomic E-state index is 0.103. The second kappa shape index (κ2) is 6.58. The highest BCUT2D eigenvalue weighted by Crippen LogP contribution is 2.22. The Labute approximate surface area is 128 Å². The summed E-state index contributed by atoms with van der Waals surface area (Å²) < 4.78 is 5.10. The SMILES string of the molecule is CCc1noc(CNc2cc(Cl)ccc2C(=O)N(C)C)n1. The molecule has 0 aliphatic carbocycles. The van der Waals surface area contributed by atoms with Gasteiger partial charge in [-0.05, 0) is 18.2 Å². The smallest absolute Gasteiger partial charge is 0.255 e. The van der Waals surface area contributed by atoms with Crippen LogP contribution < -0.4 is 5.32 Å². The van der Waals surface area contributed by atoms with Gasteiger partial charge in [-0.25, -0.2) is 0 Å². The first-order chi connectivity index (χ1) is 10.0. The summed E-state index contributed by atoms with van der Waals surface area (Å²) in [6.45, 7) is 2.29. The molecule has 7 heteroatoms. The number of carbonyl (C=O) groups is 1.